The molecule has 2 nitrogen and oxygen atoms in total. The van der Waals surface area contributed by atoms with Gasteiger partial charge in [-0.1, -0.05) is 178 Å². The van der Waals surface area contributed by atoms with Crippen LogP contribution in [0.2, 0.25) is 0 Å². The second-order valence-corrected chi connectivity index (χ2v) is 18.0. The van der Waals surface area contributed by atoms with E-state index < -0.39 is 0 Å². The van der Waals surface area contributed by atoms with Crippen LogP contribution in [0.25, 0.3) is 54.6 Å². The van der Waals surface area contributed by atoms with Gasteiger partial charge in [0.05, 0.1) is 11.4 Å². The average molecular weight is 801 g/mol. The first kappa shape index (κ1) is 39.0. The molecule has 0 amide bonds. The number of benzene rings is 10. The molecule has 2 heteroatoms. The van der Waals surface area contributed by atoms with Gasteiger partial charge in [0.1, 0.15) is 0 Å². The summed E-state index contributed by atoms with van der Waals surface area (Å²) in [6, 6.07) is 69.9. The van der Waals surface area contributed by atoms with E-state index >= 15 is 0 Å². The molecular weight excluding hydrogens is 749 g/mol. The number of rotatable bonds is 8. The lowest BCUT2D eigenvalue weighted by atomic mass is 9.83. The Morgan fingerprint density at radius 3 is 1.13 bits per heavy atom. The van der Waals surface area contributed by atoms with E-state index in [-0.39, 0.29) is 5.41 Å². The Kier molecular flexibility index (Phi) is 9.68. The van der Waals surface area contributed by atoms with Crippen molar-refractivity contribution < 1.29 is 0 Å². The topological polar surface area (TPSA) is 6.48 Å². The van der Waals surface area contributed by atoms with Crippen molar-refractivity contribution in [2.75, 3.05) is 9.80 Å². The minimum atomic E-state index is 0.00658. The van der Waals surface area contributed by atoms with Crippen molar-refractivity contribution in [3.05, 3.63) is 216 Å². The summed E-state index contributed by atoms with van der Waals surface area (Å²) in [6.07, 6.45) is 0. The maximum absolute atomic E-state index is 2.54. The van der Waals surface area contributed by atoms with Crippen LogP contribution in [0.3, 0.4) is 0 Å². The number of hydrogen-bond donors (Lipinski definition) is 0. The van der Waals surface area contributed by atoms with E-state index in [4.69, 9.17) is 0 Å². The molecule has 0 spiro atoms. The summed E-state index contributed by atoms with van der Waals surface area (Å²) in [5.74, 6) is 0. The van der Waals surface area contributed by atoms with Crippen molar-refractivity contribution in [2.45, 2.75) is 53.9 Å². The predicted molar refractivity (Wildman–Crippen MR) is 268 cm³/mol. The minimum Gasteiger partial charge on any atom is -0.309 e. The summed E-state index contributed by atoms with van der Waals surface area (Å²) < 4.78 is 0. The van der Waals surface area contributed by atoms with Gasteiger partial charge in [-0.05, 0) is 130 Å². The molecule has 62 heavy (non-hydrogen) atoms. The minimum absolute atomic E-state index is 0.00658. The molecule has 10 rings (SSSR count). The second-order valence-electron chi connectivity index (χ2n) is 18.0. The van der Waals surface area contributed by atoms with Gasteiger partial charge in [0.15, 0.2) is 0 Å². The van der Waals surface area contributed by atoms with Gasteiger partial charge in [-0.25, -0.2) is 0 Å². The van der Waals surface area contributed by atoms with Crippen LogP contribution < -0.4 is 9.80 Å². The zero-order chi connectivity index (χ0) is 42.7. The fraction of sp³-hybridized carbons (Fsp3) is 0.133. The first-order chi connectivity index (χ1) is 30.0. The molecule has 0 saturated carbocycles. The molecule has 0 aromatic heterocycles. The largest absolute Gasteiger partial charge is 0.309 e. The maximum Gasteiger partial charge on any atom is 0.0561 e. The quantitative estimate of drug-likeness (QED) is 0.141. The van der Waals surface area contributed by atoms with Crippen molar-refractivity contribution in [2.24, 2.45) is 0 Å². The molecule has 0 N–H and O–H groups in total. The zero-order valence-electron chi connectivity index (χ0n) is 36.8. The summed E-state index contributed by atoms with van der Waals surface area (Å²) >= 11 is 0. The van der Waals surface area contributed by atoms with Crippen LogP contribution in [0, 0.1) is 27.7 Å². The van der Waals surface area contributed by atoms with E-state index in [1.165, 1.54) is 82.4 Å². The van der Waals surface area contributed by atoms with Crippen molar-refractivity contribution in [1.29, 1.82) is 0 Å². The highest BCUT2D eigenvalue weighted by atomic mass is 15.2. The zero-order valence-corrected chi connectivity index (χ0v) is 36.8. The normalized spacial score (nSPS) is 11.8. The summed E-state index contributed by atoms with van der Waals surface area (Å²) in [4.78, 5) is 5.08. The SMILES string of the molecule is Cc1ccccc1N(c1cc(-c2ccccc2)ccc1C)c1cc(N(c2ccccc2C)c2cc(-c3ccccc3)ccc2C)c2ccc3cc(C(C)(C)C)cc4ccc1c2c43. The van der Waals surface area contributed by atoms with Gasteiger partial charge in [0, 0.05) is 38.9 Å². The van der Waals surface area contributed by atoms with Gasteiger partial charge in [-0.3, -0.25) is 0 Å². The number of hydrogen-bond acceptors (Lipinski definition) is 2. The number of anilines is 6. The monoisotopic (exact) mass is 800 g/mol. The Morgan fingerprint density at radius 1 is 0.306 bits per heavy atom. The second kappa shape index (κ2) is 15.4. The van der Waals surface area contributed by atoms with Crippen LogP contribution in [0.4, 0.5) is 34.1 Å². The summed E-state index contributed by atoms with van der Waals surface area (Å²) in [6.45, 7) is 15.9. The van der Waals surface area contributed by atoms with Gasteiger partial charge >= 0.3 is 0 Å². The Morgan fingerprint density at radius 2 is 0.710 bits per heavy atom. The Labute approximate surface area is 366 Å². The highest BCUT2D eigenvalue weighted by Crippen LogP contribution is 2.52. The lowest BCUT2D eigenvalue weighted by Crippen LogP contribution is -2.17. The molecule has 0 bridgehead atoms. The molecule has 0 heterocycles. The fourth-order valence-corrected chi connectivity index (χ4v) is 9.41. The van der Waals surface area contributed by atoms with Crippen LogP contribution in [-0.4, -0.2) is 0 Å². The number of nitrogens with zero attached hydrogens (tertiary/aromatic N) is 2. The average Bonchev–Trinajstić information content (AvgIpc) is 3.28. The highest BCUT2D eigenvalue weighted by molar-refractivity contribution is 6.29. The summed E-state index contributed by atoms with van der Waals surface area (Å²) in [7, 11) is 0. The smallest absolute Gasteiger partial charge is 0.0561 e. The lowest BCUT2D eigenvalue weighted by Gasteiger charge is -2.34. The van der Waals surface area contributed by atoms with Gasteiger partial charge < -0.3 is 9.80 Å². The first-order valence-corrected chi connectivity index (χ1v) is 21.8. The molecule has 0 aliphatic carbocycles. The Balaban J connectivity index is 1.36. The molecule has 0 atom stereocenters. The standard InChI is InChI=1S/C60H52N2/c1-39-18-14-16-24-52(39)61(54-36-45(28-26-41(54)3)43-20-10-8-11-21-43)56-38-57(51-33-31-48-35-49(60(5,6)7)34-47-30-32-50(56)59(51)58(47)48)62(53-25-17-15-19-40(53)2)55-37-46(29-27-42(55)4)44-22-12-9-13-23-44/h8-38H,1-7H3. The molecule has 302 valence electrons. The first-order valence-electron chi connectivity index (χ1n) is 21.8. The van der Waals surface area contributed by atoms with Gasteiger partial charge in [0.2, 0.25) is 0 Å². The Hall–Kier alpha value is -7.16. The number of para-hydroxylation sites is 2. The van der Waals surface area contributed by atoms with Crippen LogP contribution in [0.15, 0.2) is 188 Å². The third-order valence-electron chi connectivity index (χ3n) is 12.8. The lowest BCUT2D eigenvalue weighted by molar-refractivity contribution is 0.591. The maximum atomic E-state index is 2.54. The van der Waals surface area contributed by atoms with Crippen LogP contribution >= 0.6 is 0 Å². The Bertz CT molecular complexity index is 3060. The van der Waals surface area contributed by atoms with Crippen molar-refractivity contribution in [3.63, 3.8) is 0 Å². The van der Waals surface area contributed by atoms with Gasteiger partial charge in [-0.15, -0.1) is 0 Å². The van der Waals surface area contributed by atoms with Crippen molar-refractivity contribution >= 4 is 66.4 Å². The fourth-order valence-electron chi connectivity index (χ4n) is 9.41. The van der Waals surface area contributed by atoms with E-state index in [1.54, 1.807) is 0 Å². The molecule has 0 fully saturated rings. The molecule has 0 aliphatic rings. The van der Waals surface area contributed by atoms with E-state index in [9.17, 15) is 0 Å². The summed E-state index contributed by atoms with van der Waals surface area (Å²) in [5, 5.41) is 7.55. The third-order valence-corrected chi connectivity index (χ3v) is 12.8. The molecule has 0 aliphatic heterocycles. The number of aryl methyl sites for hydroxylation is 4. The van der Waals surface area contributed by atoms with E-state index in [0.717, 1.165) is 34.1 Å². The van der Waals surface area contributed by atoms with Gasteiger partial charge in [-0.2, -0.15) is 0 Å². The summed E-state index contributed by atoms with van der Waals surface area (Å²) in [5.41, 5.74) is 17.8. The van der Waals surface area contributed by atoms with E-state index in [2.05, 4.69) is 246 Å². The highest BCUT2D eigenvalue weighted by Gasteiger charge is 2.28. The van der Waals surface area contributed by atoms with Crippen molar-refractivity contribution in [1.82, 2.24) is 0 Å². The molecule has 10 aromatic rings. The van der Waals surface area contributed by atoms with Crippen LogP contribution in [-0.2, 0) is 5.41 Å². The van der Waals surface area contributed by atoms with E-state index in [1.807, 2.05) is 0 Å². The predicted octanol–water partition coefficient (Wildman–Crippen LogP) is 17.4. The van der Waals surface area contributed by atoms with Crippen molar-refractivity contribution in [3.8, 4) is 22.3 Å². The third kappa shape index (κ3) is 6.77. The van der Waals surface area contributed by atoms with Crippen LogP contribution in [0.1, 0.15) is 48.6 Å². The molecule has 0 saturated heterocycles. The van der Waals surface area contributed by atoms with Gasteiger partial charge in [0.25, 0.3) is 0 Å². The molecular formula is C60H52N2. The van der Waals surface area contributed by atoms with E-state index in [0.29, 0.717) is 0 Å². The molecule has 0 unspecified atom stereocenters. The molecule has 0 radical (unpaired) electrons. The van der Waals surface area contributed by atoms with Crippen LogP contribution in [0.5, 0.6) is 0 Å². The molecule has 10 aromatic carbocycles.